The Morgan fingerprint density at radius 3 is 2.21 bits per heavy atom. The van der Waals surface area contributed by atoms with Crippen molar-refractivity contribution in [3.8, 4) is 0 Å². The van der Waals surface area contributed by atoms with Crippen molar-refractivity contribution < 1.29 is 18.0 Å². The molecule has 39 heavy (non-hydrogen) atoms. The lowest BCUT2D eigenvalue weighted by Gasteiger charge is -2.32. The highest BCUT2D eigenvalue weighted by molar-refractivity contribution is 9.10. The van der Waals surface area contributed by atoms with Crippen molar-refractivity contribution in [2.75, 3.05) is 17.4 Å². The van der Waals surface area contributed by atoms with E-state index < -0.39 is 28.5 Å². The fraction of sp³-hybridized carbons (Fsp3) is 0.310. The number of sulfonamides is 1. The molecule has 1 N–H and O–H groups in total. The van der Waals surface area contributed by atoms with Gasteiger partial charge in [-0.2, -0.15) is 0 Å². The average molecular weight is 635 g/mol. The molecule has 2 amide bonds. The molecular weight excluding hydrogens is 602 g/mol. The van der Waals surface area contributed by atoms with E-state index in [1.165, 1.54) is 29.2 Å². The van der Waals surface area contributed by atoms with Gasteiger partial charge in [0, 0.05) is 22.6 Å². The number of halogens is 2. The second-order valence-corrected chi connectivity index (χ2v) is 12.6. The summed E-state index contributed by atoms with van der Waals surface area (Å²) in [5.74, 6) is -0.812. The first-order chi connectivity index (χ1) is 18.4. The van der Waals surface area contributed by atoms with Gasteiger partial charge in [-0.3, -0.25) is 13.9 Å². The molecule has 0 heterocycles. The number of amides is 2. The third-order valence-corrected chi connectivity index (χ3v) is 9.01. The molecule has 208 valence electrons. The number of rotatable bonds is 11. The van der Waals surface area contributed by atoms with Crippen LogP contribution in [0.25, 0.3) is 0 Å². The van der Waals surface area contributed by atoms with Crippen LogP contribution in [0.1, 0.15) is 37.0 Å². The summed E-state index contributed by atoms with van der Waals surface area (Å²) in [7, 11) is -4.15. The molecule has 0 radical (unpaired) electrons. The van der Waals surface area contributed by atoms with E-state index in [0.717, 1.165) is 31.9 Å². The van der Waals surface area contributed by atoms with Gasteiger partial charge in [0.1, 0.15) is 12.6 Å². The second kappa shape index (κ2) is 13.5. The van der Waals surface area contributed by atoms with Gasteiger partial charge in [0.25, 0.3) is 10.0 Å². The average Bonchev–Trinajstić information content (AvgIpc) is 2.91. The summed E-state index contributed by atoms with van der Waals surface area (Å²) in [4.78, 5) is 28.3. The van der Waals surface area contributed by atoms with Crippen molar-refractivity contribution in [2.45, 2.75) is 51.6 Å². The van der Waals surface area contributed by atoms with Gasteiger partial charge < -0.3 is 10.2 Å². The number of anilines is 1. The standard InChI is InChI=1S/C29H33BrClN3O4S/c1-5-16-32-29(36)22(4)33(18-23-7-9-24(30)10-8-23)28(35)19-34(26-13-6-20(2)21(3)17-26)39(37,38)27-14-11-25(31)12-15-27/h6-15,17,22H,5,16,18-19H2,1-4H3,(H,32,36)/t22-/m1/s1. The first-order valence-corrected chi connectivity index (χ1v) is 15.2. The maximum absolute atomic E-state index is 13.9. The number of hydrogen-bond acceptors (Lipinski definition) is 4. The van der Waals surface area contributed by atoms with Crippen LogP contribution in [0.2, 0.25) is 5.02 Å². The quantitative estimate of drug-likeness (QED) is 0.286. The normalized spacial score (nSPS) is 12.1. The van der Waals surface area contributed by atoms with Crippen LogP contribution < -0.4 is 9.62 Å². The Morgan fingerprint density at radius 2 is 1.62 bits per heavy atom. The van der Waals surface area contributed by atoms with Crippen molar-refractivity contribution in [2.24, 2.45) is 0 Å². The van der Waals surface area contributed by atoms with Gasteiger partial charge >= 0.3 is 0 Å². The van der Waals surface area contributed by atoms with E-state index >= 15 is 0 Å². The molecule has 10 heteroatoms. The number of benzene rings is 3. The van der Waals surface area contributed by atoms with Crippen LogP contribution in [0.15, 0.2) is 76.1 Å². The van der Waals surface area contributed by atoms with Gasteiger partial charge in [0.05, 0.1) is 10.6 Å². The lowest BCUT2D eigenvalue weighted by atomic mass is 10.1. The Balaban J connectivity index is 2.04. The first kappa shape index (κ1) is 30.7. The third-order valence-electron chi connectivity index (χ3n) is 6.44. The molecule has 0 bridgehead atoms. The van der Waals surface area contributed by atoms with Gasteiger partial charge in [-0.05, 0) is 92.4 Å². The highest BCUT2D eigenvalue weighted by Gasteiger charge is 2.32. The first-order valence-electron chi connectivity index (χ1n) is 12.6. The molecule has 3 rings (SSSR count). The number of nitrogens with zero attached hydrogens (tertiary/aromatic N) is 2. The lowest BCUT2D eigenvalue weighted by molar-refractivity contribution is -0.139. The smallest absolute Gasteiger partial charge is 0.264 e. The Kier molecular flexibility index (Phi) is 10.6. The summed E-state index contributed by atoms with van der Waals surface area (Å²) in [5, 5.41) is 3.24. The Labute approximate surface area is 244 Å². The number of carbonyl (C=O) groups excluding carboxylic acids is 2. The summed E-state index contributed by atoms with van der Waals surface area (Å²) in [6, 6.07) is 17.6. The van der Waals surface area contributed by atoms with Crippen LogP contribution in [-0.4, -0.2) is 44.3 Å². The summed E-state index contributed by atoms with van der Waals surface area (Å²) < 4.78 is 29.7. The zero-order valence-corrected chi connectivity index (χ0v) is 25.6. The Bertz CT molecular complexity index is 1410. The minimum Gasteiger partial charge on any atom is -0.354 e. The third kappa shape index (κ3) is 7.84. The molecule has 0 aliphatic rings. The minimum absolute atomic E-state index is 0.00567. The second-order valence-electron chi connectivity index (χ2n) is 9.35. The summed E-state index contributed by atoms with van der Waals surface area (Å²) >= 11 is 9.41. The molecule has 0 unspecified atom stereocenters. The molecule has 0 spiro atoms. The number of aryl methyl sites for hydroxylation is 2. The fourth-order valence-electron chi connectivity index (χ4n) is 3.91. The Morgan fingerprint density at radius 1 is 0.974 bits per heavy atom. The van der Waals surface area contributed by atoms with E-state index in [4.69, 9.17) is 11.6 Å². The van der Waals surface area contributed by atoms with Crippen LogP contribution in [0.3, 0.4) is 0 Å². The van der Waals surface area contributed by atoms with Gasteiger partial charge in [-0.15, -0.1) is 0 Å². The van der Waals surface area contributed by atoms with Gasteiger partial charge in [0.2, 0.25) is 11.8 Å². The van der Waals surface area contributed by atoms with Crippen LogP contribution in [0, 0.1) is 13.8 Å². The van der Waals surface area contributed by atoms with E-state index in [1.807, 2.05) is 51.1 Å². The lowest BCUT2D eigenvalue weighted by Crippen LogP contribution is -2.51. The van der Waals surface area contributed by atoms with E-state index in [1.54, 1.807) is 19.1 Å². The molecule has 7 nitrogen and oxygen atoms in total. The molecule has 0 saturated carbocycles. The molecule has 0 fully saturated rings. The minimum atomic E-state index is -4.15. The molecule has 1 atom stereocenters. The molecular formula is C29H33BrClN3O4S. The maximum atomic E-state index is 13.9. The van der Waals surface area contributed by atoms with Crippen molar-refractivity contribution in [3.63, 3.8) is 0 Å². The molecule has 0 saturated heterocycles. The topological polar surface area (TPSA) is 86.8 Å². The molecule has 0 aliphatic heterocycles. The van der Waals surface area contributed by atoms with E-state index in [9.17, 15) is 18.0 Å². The van der Waals surface area contributed by atoms with Crippen molar-refractivity contribution in [1.82, 2.24) is 10.2 Å². The monoisotopic (exact) mass is 633 g/mol. The molecule has 3 aromatic rings. The van der Waals surface area contributed by atoms with E-state index in [2.05, 4.69) is 21.2 Å². The largest absolute Gasteiger partial charge is 0.354 e. The van der Waals surface area contributed by atoms with Gasteiger partial charge in [-0.1, -0.05) is 52.7 Å². The maximum Gasteiger partial charge on any atom is 0.264 e. The van der Waals surface area contributed by atoms with Crippen LogP contribution in [-0.2, 0) is 26.2 Å². The number of carbonyl (C=O) groups is 2. The van der Waals surface area contributed by atoms with Gasteiger partial charge in [0.15, 0.2) is 0 Å². The predicted molar refractivity (Wildman–Crippen MR) is 159 cm³/mol. The van der Waals surface area contributed by atoms with Crippen molar-refractivity contribution in [3.05, 3.63) is 92.9 Å². The summed E-state index contributed by atoms with van der Waals surface area (Å²) in [5.41, 5.74) is 3.04. The van der Waals surface area contributed by atoms with Crippen LogP contribution in [0.4, 0.5) is 5.69 Å². The molecule has 3 aromatic carbocycles. The summed E-state index contributed by atoms with van der Waals surface area (Å²) in [6.45, 7) is 7.52. The molecule has 0 aliphatic carbocycles. The highest BCUT2D eigenvalue weighted by atomic mass is 79.9. The van der Waals surface area contributed by atoms with Crippen LogP contribution >= 0.6 is 27.5 Å². The van der Waals surface area contributed by atoms with E-state index in [0.29, 0.717) is 17.3 Å². The van der Waals surface area contributed by atoms with Crippen molar-refractivity contribution in [1.29, 1.82) is 0 Å². The van der Waals surface area contributed by atoms with Crippen molar-refractivity contribution >= 4 is 55.1 Å². The van der Waals surface area contributed by atoms with Crippen LogP contribution in [0.5, 0.6) is 0 Å². The zero-order chi connectivity index (χ0) is 28.7. The number of hydrogen-bond donors (Lipinski definition) is 1. The predicted octanol–water partition coefficient (Wildman–Crippen LogP) is 5.86. The summed E-state index contributed by atoms with van der Waals surface area (Å²) in [6.07, 6.45) is 0.749. The highest BCUT2D eigenvalue weighted by Crippen LogP contribution is 2.27. The van der Waals surface area contributed by atoms with Gasteiger partial charge in [-0.25, -0.2) is 8.42 Å². The SMILES string of the molecule is CCCNC(=O)[C@@H](C)N(Cc1ccc(Br)cc1)C(=O)CN(c1ccc(C)c(C)c1)S(=O)(=O)c1ccc(Cl)cc1. The fourth-order valence-corrected chi connectivity index (χ4v) is 5.70. The number of nitrogens with one attached hydrogen (secondary N) is 1. The Hall–Kier alpha value is -2.88. The van der Waals surface area contributed by atoms with E-state index in [-0.39, 0.29) is 17.3 Å². The molecule has 0 aromatic heterocycles. The zero-order valence-electron chi connectivity index (χ0n) is 22.4.